The van der Waals surface area contributed by atoms with E-state index in [0.717, 1.165) is 23.6 Å². The highest BCUT2D eigenvalue weighted by Crippen LogP contribution is 2.36. The fraction of sp³-hybridized carbons (Fsp3) is 0.706. The lowest BCUT2D eigenvalue weighted by Crippen LogP contribution is -2.58. The summed E-state index contributed by atoms with van der Waals surface area (Å²) in [6.07, 6.45) is 6.92. The lowest BCUT2D eigenvalue weighted by Gasteiger charge is -2.45. The summed E-state index contributed by atoms with van der Waals surface area (Å²) in [5.74, 6) is 0. The molecule has 1 saturated heterocycles. The normalized spacial score (nSPS) is 22.2. The van der Waals surface area contributed by atoms with Crippen LogP contribution >= 0.6 is 0 Å². The molecule has 0 bridgehead atoms. The zero-order valence-corrected chi connectivity index (χ0v) is 14.7. The molecule has 1 aliphatic heterocycles. The van der Waals surface area contributed by atoms with Crippen molar-refractivity contribution in [1.29, 1.82) is 0 Å². The summed E-state index contributed by atoms with van der Waals surface area (Å²) in [5.41, 5.74) is 3.12. The van der Waals surface area contributed by atoms with Crippen molar-refractivity contribution >= 4 is 11.3 Å². The van der Waals surface area contributed by atoms with Crippen molar-refractivity contribution in [2.45, 2.75) is 38.1 Å². The van der Waals surface area contributed by atoms with Crippen LogP contribution in [0.5, 0.6) is 0 Å². The van der Waals surface area contributed by atoms with Gasteiger partial charge in [-0.05, 0) is 32.9 Å². The summed E-state index contributed by atoms with van der Waals surface area (Å²) in [7, 11) is 2.22. The molecule has 0 aromatic carbocycles. The Balaban J connectivity index is 1.54. The van der Waals surface area contributed by atoms with E-state index < -0.39 is 0 Å². The first-order valence-electron chi connectivity index (χ1n) is 9.01. The second-order valence-electron chi connectivity index (χ2n) is 7.37. The molecule has 7 nitrogen and oxygen atoms in total. The van der Waals surface area contributed by atoms with Crippen LogP contribution in [0.1, 0.15) is 31.4 Å². The minimum Gasteiger partial charge on any atom is -0.380 e. The number of likely N-dealkylation sites (N-methyl/N-ethyl adjacent to an activating group) is 1. The van der Waals surface area contributed by atoms with Gasteiger partial charge in [0.1, 0.15) is 6.33 Å². The lowest BCUT2D eigenvalue weighted by atomic mass is 9.93. The largest absolute Gasteiger partial charge is 0.380 e. The Morgan fingerprint density at radius 1 is 1.17 bits per heavy atom. The van der Waals surface area contributed by atoms with Crippen molar-refractivity contribution in [2.75, 3.05) is 45.1 Å². The summed E-state index contributed by atoms with van der Waals surface area (Å²) in [4.78, 5) is 5.15. The summed E-state index contributed by atoms with van der Waals surface area (Å²) in [6.45, 7) is 7.68. The molecule has 2 fully saturated rings. The Labute approximate surface area is 143 Å². The van der Waals surface area contributed by atoms with Gasteiger partial charge in [0.15, 0.2) is 0 Å². The van der Waals surface area contributed by atoms with Crippen LogP contribution in [0.15, 0.2) is 12.4 Å². The summed E-state index contributed by atoms with van der Waals surface area (Å²) < 4.78 is 1.76. The van der Waals surface area contributed by atoms with Crippen molar-refractivity contribution in [2.24, 2.45) is 0 Å². The molecule has 0 unspecified atom stereocenters. The number of hydrogen-bond acceptors (Lipinski definition) is 6. The van der Waals surface area contributed by atoms with Gasteiger partial charge in [0.25, 0.3) is 0 Å². The van der Waals surface area contributed by atoms with Gasteiger partial charge in [0.05, 0.1) is 11.4 Å². The first-order valence-corrected chi connectivity index (χ1v) is 9.01. The van der Waals surface area contributed by atoms with Crippen LogP contribution in [0.4, 0.5) is 5.69 Å². The highest BCUT2D eigenvalue weighted by Gasteiger charge is 2.40. The quantitative estimate of drug-likeness (QED) is 0.915. The molecule has 2 aliphatic rings. The van der Waals surface area contributed by atoms with Crippen LogP contribution in [0.2, 0.25) is 0 Å². The number of nitrogens with one attached hydrogen (secondary N) is 1. The molecule has 0 atom stereocenters. The van der Waals surface area contributed by atoms with E-state index in [1.54, 1.807) is 10.8 Å². The highest BCUT2D eigenvalue weighted by molar-refractivity contribution is 5.66. The van der Waals surface area contributed by atoms with Gasteiger partial charge in [-0.25, -0.2) is 0 Å². The SMILES string of the molecule is Cc1cc(NCC2(N3CCN(C)CC3)CCCC2)c2nncn2n1. The monoisotopic (exact) mass is 329 g/mol. The molecular weight excluding hydrogens is 302 g/mol. The maximum atomic E-state index is 4.43. The third-order valence-electron chi connectivity index (χ3n) is 5.71. The number of fused-ring (bicyclic) bond motifs is 1. The first kappa shape index (κ1) is 15.8. The van der Waals surface area contributed by atoms with Crippen LogP contribution in [-0.2, 0) is 0 Å². The number of nitrogens with zero attached hydrogens (tertiary/aromatic N) is 6. The van der Waals surface area contributed by atoms with E-state index in [0.29, 0.717) is 0 Å². The Kier molecular flexibility index (Phi) is 4.14. The van der Waals surface area contributed by atoms with Crippen LogP contribution < -0.4 is 5.32 Å². The predicted molar refractivity (Wildman–Crippen MR) is 94.3 cm³/mol. The predicted octanol–water partition coefficient (Wildman–Crippen LogP) is 1.40. The smallest absolute Gasteiger partial charge is 0.200 e. The van der Waals surface area contributed by atoms with E-state index in [1.807, 2.05) is 6.92 Å². The van der Waals surface area contributed by atoms with Gasteiger partial charge < -0.3 is 10.2 Å². The van der Waals surface area contributed by atoms with Crippen LogP contribution in [0.25, 0.3) is 5.65 Å². The maximum absolute atomic E-state index is 4.43. The van der Waals surface area contributed by atoms with Gasteiger partial charge in [-0.15, -0.1) is 10.2 Å². The fourth-order valence-electron chi connectivity index (χ4n) is 4.26. The number of piperazine rings is 1. The molecule has 4 rings (SSSR count). The van der Waals surface area contributed by atoms with E-state index in [-0.39, 0.29) is 5.54 Å². The van der Waals surface area contributed by atoms with Gasteiger partial charge in [0.2, 0.25) is 5.65 Å². The Morgan fingerprint density at radius 3 is 2.67 bits per heavy atom. The fourth-order valence-corrected chi connectivity index (χ4v) is 4.26. The molecule has 3 heterocycles. The van der Waals surface area contributed by atoms with E-state index in [4.69, 9.17) is 0 Å². The highest BCUT2D eigenvalue weighted by atomic mass is 15.4. The van der Waals surface area contributed by atoms with Crippen molar-refractivity contribution < 1.29 is 0 Å². The first-order chi connectivity index (χ1) is 11.7. The Bertz CT molecular complexity index is 696. The number of aromatic nitrogens is 4. The topological polar surface area (TPSA) is 61.6 Å². The minimum absolute atomic E-state index is 0.287. The van der Waals surface area contributed by atoms with Crippen LogP contribution in [-0.4, -0.2) is 74.9 Å². The van der Waals surface area contributed by atoms with E-state index in [9.17, 15) is 0 Å². The second kappa shape index (κ2) is 6.29. The molecule has 24 heavy (non-hydrogen) atoms. The number of aryl methyl sites for hydroxylation is 1. The average Bonchev–Trinajstić information content (AvgIpc) is 3.23. The Morgan fingerprint density at radius 2 is 1.92 bits per heavy atom. The average molecular weight is 329 g/mol. The molecule has 2 aromatic heterocycles. The molecule has 0 spiro atoms. The molecule has 0 amide bonds. The molecule has 2 aromatic rings. The van der Waals surface area contributed by atoms with Crippen LogP contribution in [0, 0.1) is 6.92 Å². The summed E-state index contributed by atoms with van der Waals surface area (Å²) >= 11 is 0. The summed E-state index contributed by atoms with van der Waals surface area (Å²) in [5, 5.41) is 16.3. The van der Waals surface area contributed by atoms with Gasteiger partial charge in [-0.2, -0.15) is 9.61 Å². The van der Waals surface area contributed by atoms with E-state index in [1.165, 1.54) is 51.9 Å². The van der Waals surface area contributed by atoms with Crippen molar-refractivity contribution in [1.82, 2.24) is 29.6 Å². The molecule has 1 N–H and O–H groups in total. The van der Waals surface area contributed by atoms with Gasteiger partial charge in [-0.3, -0.25) is 4.90 Å². The van der Waals surface area contributed by atoms with E-state index >= 15 is 0 Å². The standard InChI is InChI=1S/C17H27N7/c1-14-11-15(16-20-19-13-24(16)21-14)18-12-17(5-3-4-6-17)23-9-7-22(2)8-10-23/h11,13,18H,3-10,12H2,1-2H3. The van der Waals surface area contributed by atoms with Gasteiger partial charge in [0, 0.05) is 38.3 Å². The Hall–Kier alpha value is -1.73. The van der Waals surface area contributed by atoms with Gasteiger partial charge >= 0.3 is 0 Å². The zero-order valence-electron chi connectivity index (χ0n) is 14.7. The molecule has 1 aliphatic carbocycles. The maximum Gasteiger partial charge on any atom is 0.200 e. The molecule has 130 valence electrons. The second-order valence-corrected chi connectivity index (χ2v) is 7.37. The third kappa shape index (κ3) is 2.86. The van der Waals surface area contributed by atoms with Crippen molar-refractivity contribution in [3.8, 4) is 0 Å². The minimum atomic E-state index is 0.287. The molecule has 0 radical (unpaired) electrons. The van der Waals surface area contributed by atoms with Crippen molar-refractivity contribution in [3.05, 3.63) is 18.1 Å². The molecule has 1 saturated carbocycles. The van der Waals surface area contributed by atoms with Crippen LogP contribution in [0.3, 0.4) is 0 Å². The van der Waals surface area contributed by atoms with Crippen molar-refractivity contribution in [3.63, 3.8) is 0 Å². The third-order valence-corrected chi connectivity index (χ3v) is 5.71. The number of rotatable bonds is 4. The zero-order chi connectivity index (χ0) is 16.6. The summed E-state index contributed by atoms with van der Waals surface area (Å²) in [6, 6.07) is 2.08. The number of hydrogen-bond donors (Lipinski definition) is 1. The molecule has 7 heteroatoms. The molecular formula is C17H27N7. The van der Waals surface area contributed by atoms with E-state index in [2.05, 4.69) is 43.5 Å². The van der Waals surface area contributed by atoms with Gasteiger partial charge in [-0.1, -0.05) is 12.8 Å². The number of anilines is 1. The lowest BCUT2D eigenvalue weighted by molar-refractivity contribution is 0.0511.